The van der Waals surface area contributed by atoms with Gasteiger partial charge in [-0.3, -0.25) is 4.79 Å². The van der Waals surface area contributed by atoms with E-state index < -0.39 is 5.97 Å². The first-order valence-electron chi connectivity index (χ1n) is 8.76. The van der Waals surface area contributed by atoms with Gasteiger partial charge in [-0.2, -0.15) is 10.2 Å². The molecule has 0 spiro atoms. The van der Waals surface area contributed by atoms with Gasteiger partial charge in [-0.15, -0.1) is 0 Å². The van der Waals surface area contributed by atoms with E-state index in [0.717, 1.165) is 17.0 Å². The van der Waals surface area contributed by atoms with Crippen molar-refractivity contribution in [1.82, 2.24) is 19.8 Å². The lowest BCUT2D eigenvalue weighted by atomic mass is 10.1. The molecule has 0 unspecified atom stereocenters. The van der Waals surface area contributed by atoms with Crippen molar-refractivity contribution >= 4 is 17.6 Å². The van der Waals surface area contributed by atoms with Crippen molar-refractivity contribution in [2.75, 3.05) is 13.2 Å². The number of aromatic nitrogens is 3. The van der Waals surface area contributed by atoms with Gasteiger partial charge in [-0.25, -0.2) is 19.5 Å². The fraction of sp³-hybridized carbons (Fsp3) is 0.150. The number of hydrazone groups is 1. The summed E-state index contributed by atoms with van der Waals surface area (Å²) in [5, 5.41) is 9.71. The van der Waals surface area contributed by atoms with Gasteiger partial charge in [0.05, 0.1) is 23.5 Å². The second-order valence-corrected chi connectivity index (χ2v) is 6.14. The summed E-state index contributed by atoms with van der Waals surface area (Å²) >= 11 is 0. The molecule has 0 bridgehead atoms. The second-order valence-electron chi connectivity index (χ2n) is 6.14. The van der Waals surface area contributed by atoms with Gasteiger partial charge < -0.3 is 4.74 Å². The highest BCUT2D eigenvalue weighted by molar-refractivity contribution is 6.02. The number of rotatable bonds is 5. The number of esters is 1. The SMILES string of the molecule is O=C(OCC(=O)N1CCC(c2ccccc2)=N1)c1ccc(-n2cncn2)cc1. The Morgan fingerprint density at radius 2 is 1.82 bits per heavy atom. The van der Waals surface area contributed by atoms with Crippen LogP contribution in [0.2, 0.25) is 0 Å². The molecule has 2 aromatic carbocycles. The van der Waals surface area contributed by atoms with Crippen molar-refractivity contribution in [2.45, 2.75) is 6.42 Å². The van der Waals surface area contributed by atoms with E-state index in [9.17, 15) is 9.59 Å². The maximum atomic E-state index is 12.3. The number of nitrogens with zero attached hydrogens (tertiary/aromatic N) is 5. The van der Waals surface area contributed by atoms with Gasteiger partial charge in [0, 0.05) is 6.42 Å². The summed E-state index contributed by atoms with van der Waals surface area (Å²) in [6.07, 6.45) is 3.66. The topological polar surface area (TPSA) is 89.7 Å². The molecule has 0 aliphatic carbocycles. The normalized spacial score (nSPS) is 13.3. The first-order valence-corrected chi connectivity index (χ1v) is 8.76. The van der Waals surface area contributed by atoms with Crippen LogP contribution >= 0.6 is 0 Å². The van der Waals surface area contributed by atoms with Crippen LogP contribution in [0.25, 0.3) is 5.69 Å². The van der Waals surface area contributed by atoms with Crippen molar-refractivity contribution in [1.29, 1.82) is 0 Å². The van der Waals surface area contributed by atoms with Crippen LogP contribution < -0.4 is 0 Å². The smallest absolute Gasteiger partial charge is 0.338 e. The van der Waals surface area contributed by atoms with E-state index in [1.54, 1.807) is 35.3 Å². The van der Waals surface area contributed by atoms with Crippen molar-refractivity contribution in [3.05, 3.63) is 78.4 Å². The van der Waals surface area contributed by atoms with E-state index in [2.05, 4.69) is 15.2 Å². The molecule has 8 heteroatoms. The quantitative estimate of drug-likeness (QED) is 0.637. The lowest BCUT2D eigenvalue weighted by molar-refractivity contribution is -0.134. The van der Waals surface area contributed by atoms with Gasteiger partial charge in [0.25, 0.3) is 5.91 Å². The zero-order valence-electron chi connectivity index (χ0n) is 14.9. The zero-order valence-corrected chi connectivity index (χ0v) is 14.9. The number of amides is 1. The molecule has 1 aliphatic heterocycles. The molecule has 3 aromatic rings. The third-order valence-corrected chi connectivity index (χ3v) is 4.31. The Kier molecular flexibility index (Phi) is 4.92. The average Bonchev–Trinajstić information content (AvgIpc) is 3.45. The Labute approximate surface area is 161 Å². The second kappa shape index (κ2) is 7.83. The van der Waals surface area contributed by atoms with Crippen LogP contribution in [-0.4, -0.2) is 50.5 Å². The first kappa shape index (κ1) is 17.6. The Hall–Kier alpha value is -3.81. The average molecular weight is 375 g/mol. The van der Waals surface area contributed by atoms with Gasteiger partial charge in [-0.05, 0) is 29.8 Å². The van der Waals surface area contributed by atoms with Gasteiger partial charge in [0.1, 0.15) is 12.7 Å². The molecule has 1 amide bonds. The zero-order chi connectivity index (χ0) is 19.3. The monoisotopic (exact) mass is 375 g/mol. The van der Waals surface area contributed by atoms with Gasteiger partial charge >= 0.3 is 5.97 Å². The molecule has 0 N–H and O–H groups in total. The molecule has 8 nitrogen and oxygen atoms in total. The lowest BCUT2D eigenvalue weighted by Gasteiger charge is -2.11. The largest absolute Gasteiger partial charge is 0.452 e. The molecule has 0 atom stereocenters. The summed E-state index contributed by atoms with van der Waals surface area (Å²) in [5.74, 6) is -0.913. The number of ether oxygens (including phenoxy) is 1. The molecule has 2 heterocycles. The van der Waals surface area contributed by atoms with E-state index in [4.69, 9.17) is 4.74 Å². The molecule has 4 rings (SSSR count). The number of benzene rings is 2. The molecule has 0 radical (unpaired) electrons. The van der Waals surface area contributed by atoms with Crippen molar-refractivity contribution in [3.63, 3.8) is 0 Å². The molecule has 1 aromatic heterocycles. The summed E-state index contributed by atoms with van der Waals surface area (Å²) in [6.45, 7) is 0.127. The Balaban J connectivity index is 1.33. The van der Waals surface area contributed by atoms with Crippen LogP contribution in [0.4, 0.5) is 0 Å². The van der Waals surface area contributed by atoms with Crippen LogP contribution in [0, 0.1) is 0 Å². The van der Waals surface area contributed by atoms with Crippen molar-refractivity contribution in [2.24, 2.45) is 5.10 Å². The summed E-state index contributed by atoms with van der Waals surface area (Å²) in [6, 6.07) is 16.4. The molecule has 140 valence electrons. The van der Waals surface area contributed by atoms with E-state index in [-0.39, 0.29) is 12.5 Å². The fourth-order valence-electron chi connectivity index (χ4n) is 2.85. The minimum atomic E-state index is -0.565. The van der Waals surface area contributed by atoms with Gasteiger partial charge in [0.15, 0.2) is 6.61 Å². The fourth-order valence-corrected chi connectivity index (χ4v) is 2.85. The van der Waals surface area contributed by atoms with E-state index in [1.165, 1.54) is 11.3 Å². The van der Waals surface area contributed by atoms with Crippen molar-refractivity contribution in [3.8, 4) is 5.69 Å². The van der Waals surface area contributed by atoms with Crippen molar-refractivity contribution < 1.29 is 14.3 Å². The van der Waals surface area contributed by atoms with E-state index >= 15 is 0 Å². The standard InChI is InChI=1S/C20H17N5O3/c26-19(24-11-10-18(23-24)15-4-2-1-3-5-15)12-28-20(27)16-6-8-17(9-7-16)25-14-21-13-22-25/h1-9,13-14H,10-12H2. The highest BCUT2D eigenvalue weighted by Gasteiger charge is 2.22. The number of carbonyl (C=O) groups is 2. The number of carbonyl (C=O) groups excluding carboxylic acids is 2. The lowest BCUT2D eigenvalue weighted by Crippen LogP contribution is -2.28. The molecule has 0 saturated heterocycles. The summed E-state index contributed by atoms with van der Waals surface area (Å²) in [5.41, 5.74) is 2.96. The number of hydrogen-bond donors (Lipinski definition) is 0. The van der Waals surface area contributed by atoms with Crippen LogP contribution in [0.5, 0.6) is 0 Å². The Bertz CT molecular complexity index is 998. The minimum Gasteiger partial charge on any atom is -0.452 e. The van der Waals surface area contributed by atoms with Gasteiger partial charge in [0.2, 0.25) is 0 Å². The minimum absolute atomic E-state index is 0.349. The van der Waals surface area contributed by atoms with Crippen LogP contribution in [0.3, 0.4) is 0 Å². The maximum absolute atomic E-state index is 12.3. The van der Waals surface area contributed by atoms with Crippen LogP contribution in [0.1, 0.15) is 22.3 Å². The molecule has 1 aliphatic rings. The summed E-state index contributed by atoms with van der Waals surface area (Å²) in [7, 11) is 0. The third kappa shape index (κ3) is 3.80. The summed E-state index contributed by atoms with van der Waals surface area (Å²) < 4.78 is 6.72. The molecule has 28 heavy (non-hydrogen) atoms. The van der Waals surface area contributed by atoms with E-state index in [1.807, 2.05) is 30.3 Å². The van der Waals surface area contributed by atoms with Crippen LogP contribution in [0.15, 0.2) is 72.4 Å². The third-order valence-electron chi connectivity index (χ3n) is 4.31. The predicted molar refractivity (Wildman–Crippen MR) is 101 cm³/mol. The first-order chi connectivity index (χ1) is 13.7. The molecule has 0 fully saturated rings. The van der Waals surface area contributed by atoms with Gasteiger partial charge in [-0.1, -0.05) is 30.3 Å². The predicted octanol–water partition coefficient (Wildman–Crippen LogP) is 2.06. The highest BCUT2D eigenvalue weighted by atomic mass is 16.5. The Morgan fingerprint density at radius 1 is 1.04 bits per heavy atom. The highest BCUT2D eigenvalue weighted by Crippen LogP contribution is 2.14. The maximum Gasteiger partial charge on any atom is 0.338 e. The molecular formula is C20H17N5O3. The Morgan fingerprint density at radius 3 is 2.54 bits per heavy atom. The van der Waals surface area contributed by atoms with Crippen LogP contribution in [-0.2, 0) is 9.53 Å². The number of hydrogen-bond acceptors (Lipinski definition) is 6. The molecule has 0 saturated carbocycles. The van der Waals surface area contributed by atoms with E-state index in [0.29, 0.717) is 18.5 Å². The molecular weight excluding hydrogens is 358 g/mol. The summed E-state index contributed by atoms with van der Waals surface area (Å²) in [4.78, 5) is 28.3.